The molecule has 0 aromatic heterocycles. The second kappa shape index (κ2) is 4.43. The third-order valence-corrected chi connectivity index (χ3v) is 3.39. The van der Waals surface area contributed by atoms with E-state index >= 15 is 0 Å². The standard InChI is InChI=1S/C11H24N2/c1-5-12(3)8-6-11(2)7-9-13(4)10-11/h5-10H2,1-4H3. The molecule has 2 nitrogen and oxygen atoms in total. The maximum Gasteiger partial charge on any atom is 0.00332 e. The van der Waals surface area contributed by atoms with Crippen LogP contribution in [0.15, 0.2) is 0 Å². The van der Waals surface area contributed by atoms with Gasteiger partial charge in [0.15, 0.2) is 0 Å². The van der Waals surface area contributed by atoms with Crippen LogP contribution >= 0.6 is 0 Å². The average molecular weight is 184 g/mol. The SMILES string of the molecule is CCN(C)CCC1(C)CCN(C)C1. The number of hydrogen-bond acceptors (Lipinski definition) is 2. The summed E-state index contributed by atoms with van der Waals surface area (Å²) in [5.41, 5.74) is 0.582. The molecule has 1 atom stereocenters. The third-order valence-electron chi connectivity index (χ3n) is 3.39. The van der Waals surface area contributed by atoms with Gasteiger partial charge in [-0.15, -0.1) is 0 Å². The lowest BCUT2D eigenvalue weighted by Crippen LogP contribution is -2.28. The van der Waals surface area contributed by atoms with Crippen LogP contribution in [0.1, 0.15) is 26.7 Å². The van der Waals surface area contributed by atoms with E-state index in [-0.39, 0.29) is 0 Å². The zero-order valence-electron chi connectivity index (χ0n) is 9.64. The molecule has 1 fully saturated rings. The van der Waals surface area contributed by atoms with E-state index in [0.717, 1.165) is 0 Å². The van der Waals surface area contributed by atoms with E-state index in [4.69, 9.17) is 0 Å². The lowest BCUT2D eigenvalue weighted by atomic mass is 9.86. The van der Waals surface area contributed by atoms with Crippen LogP contribution in [0.5, 0.6) is 0 Å². The summed E-state index contributed by atoms with van der Waals surface area (Å²) in [6.07, 6.45) is 2.72. The molecule has 78 valence electrons. The Morgan fingerprint density at radius 2 is 2.15 bits per heavy atom. The van der Waals surface area contributed by atoms with Crippen molar-refractivity contribution < 1.29 is 0 Å². The Bertz CT molecular complexity index is 158. The van der Waals surface area contributed by atoms with Gasteiger partial charge < -0.3 is 9.80 Å². The quantitative estimate of drug-likeness (QED) is 0.656. The van der Waals surface area contributed by atoms with Gasteiger partial charge in [-0.1, -0.05) is 13.8 Å². The Morgan fingerprint density at radius 1 is 1.46 bits per heavy atom. The van der Waals surface area contributed by atoms with Crippen molar-refractivity contribution in [2.45, 2.75) is 26.7 Å². The zero-order valence-corrected chi connectivity index (χ0v) is 9.64. The predicted octanol–water partition coefficient (Wildman–Crippen LogP) is 1.67. The first kappa shape index (κ1) is 11.0. The molecule has 0 bridgehead atoms. The second-order valence-electron chi connectivity index (χ2n) is 4.94. The molecule has 0 radical (unpaired) electrons. The molecule has 13 heavy (non-hydrogen) atoms. The molecular formula is C11H24N2. The predicted molar refractivity (Wildman–Crippen MR) is 58.0 cm³/mol. The fourth-order valence-electron chi connectivity index (χ4n) is 2.09. The van der Waals surface area contributed by atoms with E-state index < -0.39 is 0 Å². The number of rotatable bonds is 4. The van der Waals surface area contributed by atoms with E-state index in [1.165, 1.54) is 39.0 Å². The molecule has 0 amide bonds. The van der Waals surface area contributed by atoms with Crippen molar-refractivity contribution in [1.82, 2.24) is 9.80 Å². The van der Waals surface area contributed by atoms with E-state index in [1.807, 2.05) is 0 Å². The Labute approximate surface area is 82.9 Å². The van der Waals surface area contributed by atoms with Gasteiger partial charge in [-0.2, -0.15) is 0 Å². The lowest BCUT2D eigenvalue weighted by Gasteiger charge is -2.26. The smallest absolute Gasteiger partial charge is 0.00332 e. The Balaban J connectivity index is 2.27. The van der Waals surface area contributed by atoms with E-state index in [9.17, 15) is 0 Å². The minimum Gasteiger partial charge on any atom is -0.307 e. The molecule has 0 aromatic rings. The van der Waals surface area contributed by atoms with Crippen molar-refractivity contribution in [3.05, 3.63) is 0 Å². The first-order valence-corrected chi connectivity index (χ1v) is 5.43. The maximum atomic E-state index is 2.45. The minimum atomic E-state index is 0.582. The van der Waals surface area contributed by atoms with Gasteiger partial charge in [0, 0.05) is 6.54 Å². The number of nitrogens with zero attached hydrogens (tertiary/aromatic N) is 2. The van der Waals surface area contributed by atoms with Crippen LogP contribution in [0.4, 0.5) is 0 Å². The fourth-order valence-corrected chi connectivity index (χ4v) is 2.09. The van der Waals surface area contributed by atoms with Gasteiger partial charge in [0.2, 0.25) is 0 Å². The van der Waals surface area contributed by atoms with Crippen LogP contribution in [-0.4, -0.2) is 50.1 Å². The molecule has 0 N–H and O–H groups in total. The topological polar surface area (TPSA) is 6.48 Å². The first-order chi connectivity index (χ1) is 6.06. The van der Waals surface area contributed by atoms with Crippen LogP contribution in [-0.2, 0) is 0 Å². The third kappa shape index (κ3) is 3.28. The molecule has 1 aliphatic heterocycles. The van der Waals surface area contributed by atoms with Crippen molar-refractivity contribution in [1.29, 1.82) is 0 Å². The highest BCUT2D eigenvalue weighted by Gasteiger charge is 2.31. The summed E-state index contributed by atoms with van der Waals surface area (Å²) in [6.45, 7) is 9.65. The first-order valence-electron chi connectivity index (χ1n) is 5.43. The average Bonchev–Trinajstić information content (AvgIpc) is 2.43. The highest BCUT2D eigenvalue weighted by molar-refractivity contribution is 4.85. The highest BCUT2D eigenvalue weighted by Crippen LogP contribution is 2.32. The molecule has 0 aromatic carbocycles. The van der Waals surface area contributed by atoms with Gasteiger partial charge in [0.05, 0.1) is 0 Å². The number of likely N-dealkylation sites (tertiary alicyclic amines) is 1. The Morgan fingerprint density at radius 3 is 2.62 bits per heavy atom. The number of hydrogen-bond donors (Lipinski definition) is 0. The van der Waals surface area contributed by atoms with Crippen LogP contribution in [0.3, 0.4) is 0 Å². The summed E-state index contributed by atoms with van der Waals surface area (Å²) in [5.74, 6) is 0. The van der Waals surface area contributed by atoms with Crippen LogP contribution in [0.2, 0.25) is 0 Å². The monoisotopic (exact) mass is 184 g/mol. The van der Waals surface area contributed by atoms with Crippen molar-refractivity contribution in [2.75, 3.05) is 40.3 Å². The molecule has 0 aliphatic carbocycles. The zero-order chi connectivity index (χ0) is 9.90. The van der Waals surface area contributed by atoms with Gasteiger partial charge >= 0.3 is 0 Å². The van der Waals surface area contributed by atoms with Gasteiger partial charge in [-0.3, -0.25) is 0 Å². The summed E-state index contributed by atoms with van der Waals surface area (Å²) in [5, 5.41) is 0. The molecule has 1 unspecified atom stereocenters. The summed E-state index contributed by atoms with van der Waals surface area (Å²) in [4.78, 5) is 4.86. The van der Waals surface area contributed by atoms with Gasteiger partial charge in [-0.25, -0.2) is 0 Å². The lowest BCUT2D eigenvalue weighted by molar-refractivity contribution is 0.237. The Hall–Kier alpha value is -0.0800. The van der Waals surface area contributed by atoms with Crippen molar-refractivity contribution in [2.24, 2.45) is 5.41 Å². The fraction of sp³-hybridized carbons (Fsp3) is 1.00. The molecule has 1 saturated heterocycles. The molecule has 1 heterocycles. The van der Waals surface area contributed by atoms with E-state index in [0.29, 0.717) is 5.41 Å². The Kier molecular flexibility index (Phi) is 3.74. The molecule has 1 rings (SSSR count). The summed E-state index contributed by atoms with van der Waals surface area (Å²) >= 11 is 0. The van der Waals surface area contributed by atoms with Crippen molar-refractivity contribution >= 4 is 0 Å². The second-order valence-corrected chi connectivity index (χ2v) is 4.94. The molecule has 2 heteroatoms. The van der Waals surface area contributed by atoms with E-state index in [2.05, 4.69) is 37.7 Å². The molecular weight excluding hydrogens is 160 g/mol. The normalized spacial score (nSPS) is 30.2. The van der Waals surface area contributed by atoms with Gasteiger partial charge in [0.25, 0.3) is 0 Å². The van der Waals surface area contributed by atoms with Crippen molar-refractivity contribution in [3.8, 4) is 0 Å². The molecule has 1 aliphatic rings. The van der Waals surface area contributed by atoms with Crippen LogP contribution < -0.4 is 0 Å². The maximum absolute atomic E-state index is 2.45. The summed E-state index contributed by atoms with van der Waals surface area (Å²) in [6, 6.07) is 0. The van der Waals surface area contributed by atoms with Gasteiger partial charge in [0.1, 0.15) is 0 Å². The summed E-state index contributed by atoms with van der Waals surface area (Å²) in [7, 11) is 4.44. The molecule has 0 saturated carbocycles. The van der Waals surface area contributed by atoms with E-state index in [1.54, 1.807) is 0 Å². The van der Waals surface area contributed by atoms with Gasteiger partial charge in [-0.05, 0) is 52.0 Å². The highest BCUT2D eigenvalue weighted by atomic mass is 15.1. The largest absolute Gasteiger partial charge is 0.307 e. The van der Waals surface area contributed by atoms with Crippen LogP contribution in [0.25, 0.3) is 0 Å². The molecule has 0 spiro atoms. The van der Waals surface area contributed by atoms with Crippen LogP contribution in [0, 0.1) is 5.41 Å². The van der Waals surface area contributed by atoms with Crippen molar-refractivity contribution in [3.63, 3.8) is 0 Å². The summed E-state index contributed by atoms with van der Waals surface area (Å²) < 4.78 is 0. The minimum absolute atomic E-state index is 0.582.